The van der Waals surface area contributed by atoms with Crippen molar-refractivity contribution in [2.45, 2.75) is 0 Å². The molecular weight excluding hydrogens is 468 g/mol. The standard InChI is InChI=1S/C23H19ClN2O6S/c24-18-7-2-1-6-17(18)22(29)32-16-5-3-4-15(12-16)13-19-21(28)26(23(30)33-19)14-20(27)25-8-10-31-11-9-25/h1-7,12-13H,8-11,14H2/b19-13-. The third-order valence-electron chi connectivity index (χ3n) is 4.99. The molecule has 0 bridgehead atoms. The van der Waals surface area contributed by atoms with E-state index in [9.17, 15) is 19.2 Å². The molecule has 2 fully saturated rings. The van der Waals surface area contributed by atoms with Crippen LogP contribution in [-0.2, 0) is 14.3 Å². The summed E-state index contributed by atoms with van der Waals surface area (Å²) in [5, 5.41) is -0.229. The number of morpholine rings is 1. The van der Waals surface area contributed by atoms with Gasteiger partial charge in [0.05, 0.1) is 28.7 Å². The molecule has 0 N–H and O–H groups in total. The first-order valence-electron chi connectivity index (χ1n) is 10.1. The fourth-order valence-electron chi connectivity index (χ4n) is 3.29. The molecule has 2 heterocycles. The van der Waals surface area contributed by atoms with Gasteiger partial charge in [0.2, 0.25) is 5.91 Å². The first-order valence-corrected chi connectivity index (χ1v) is 11.3. The van der Waals surface area contributed by atoms with Gasteiger partial charge in [0.25, 0.3) is 11.1 Å². The molecule has 3 amide bonds. The van der Waals surface area contributed by atoms with Gasteiger partial charge in [0.1, 0.15) is 12.3 Å². The van der Waals surface area contributed by atoms with Gasteiger partial charge >= 0.3 is 5.97 Å². The second-order valence-corrected chi connectivity index (χ2v) is 8.60. The maximum atomic E-state index is 12.7. The molecule has 0 radical (unpaired) electrons. The third-order valence-corrected chi connectivity index (χ3v) is 6.23. The van der Waals surface area contributed by atoms with Gasteiger partial charge in [0, 0.05) is 13.1 Å². The first kappa shape index (κ1) is 23.0. The molecule has 2 aromatic rings. The van der Waals surface area contributed by atoms with E-state index in [1.54, 1.807) is 53.4 Å². The number of nitrogens with zero attached hydrogens (tertiary/aromatic N) is 2. The molecule has 33 heavy (non-hydrogen) atoms. The topological polar surface area (TPSA) is 93.2 Å². The van der Waals surface area contributed by atoms with Crippen molar-refractivity contribution < 1.29 is 28.7 Å². The number of thioether (sulfide) groups is 1. The number of ether oxygens (including phenoxy) is 2. The van der Waals surface area contributed by atoms with Crippen LogP contribution in [0.2, 0.25) is 5.02 Å². The summed E-state index contributed by atoms with van der Waals surface area (Å²) in [5.74, 6) is -1.18. The van der Waals surface area contributed by atoms with Crippen LogP contribution in [0.3, 0.4) is 0 Å². The number of halogens is 1. The van der Waals surface area contributed by atoms with Crippen molar-refractivity contribution in [2.24, 2.45) is 0 Å². The fourth-order valence-corrected chi connectivity index (χ4v) is 4.34. The summed E-state index contributed by atoms with van der Waals surface area (Å²) in [7, 11) is 0. The Morgan fingerprint density at radius 2 is 1.85 bits per heavy atom. The summed E-state index contributed by atoms with van der Waals surface area (Å²) in [5.41, 5.74) is 0.792. The number of amides is 3. The predicted molar refractivity (Wildman–Crippen MR) is 123 cm³/mol. The molecule has 0 saturated carbocycles. The van der Waals surface area contributed by atoms with Gasteiger partial charge in [-0.05, 0) is 47.7 Å². The van der Waals surface area contributed by atoms with Gasteiger partial charge in [-0.25, -0.2) is 4.79 Å². The van der Waals surface area contributed by atoms with E-state index in [-0.39, 0.29) is 33.7 Å². The van der Waals surface area contributed by atoms with E-state index in [2.05, 4.69) is 0 Å². The number of carbonyl (C=O) groups excluding carboxylic acids is 4. The van der Waals surface area contributed by atoms with Gasteiger partial charge in [-0.3, -0.25) is 19.3 Å². The molecule has 0 atom stereocenters. The van der Waals surface area contributed by atoms with Gasteiger partial charge < -0.3 is 14.4 Å². The van der Waals surface area contributed by atoms with E-state index >= 15 is 0 Å². The summed E-state index contributed by atoms with van der Waals surface area (Å²) in [6, 6.07) is 13.1. The Kier molecular flexibility index (Phi) is 7.12. The summed E-state index contributed by atoms with van der Waals surface area (Å²) in [6.07, 6.45) is 1.52. The second kappa shape index (κ2) is 10.2. The average Bonchev–Trinajstić information content (AvgIpc) is 3.07. The van der Waals surface area contributed by atoms with E-state index in [1.165, 1.54) is 6.08 Å². The van der Waals surface area contributed by atoms with Crippen LogP contribution < -0.4 is 4.74 Å². The largest absolute Gasteiger partial charge is 0.423 e. The highest BCUT2D eigenvalue weighted by Crippen LogP contribution is 2.32. The van der Waals surface area contributed by atoms with Crippen molar-refractivity contribution in [2.75, 3.05) is 32.8 Å². The minimum atomic E-state index is -0.611. The summed E-state index contributed by atoms with van der Waals surface area (Å²) in [4.78, 5) is 52.6. The van der Waals surface area contributed by atoms with Crippen molar-refractivity contribution in [3.05, 3.63) is 69.6 Å². The Bertz CT molecular complexity index is 1150. The number of hydrogen-bond acceptors (Lipinski definition) is 7. The minimum absolute atomic E-state index is 0.185. The first-order chi connectivity index (χ1) is 15.9. The smallest absolute Gasteiger partial charge is 0.345 e. The zero-order valence-electron chi connectivity index (χ0n) is 17.4. The third kappa shape index (κ3) is 5.44. The molecule has 0 aromatic heterocycles. The number of imide groups is 1. The van der Waals surface area contributed by atoms with Crippen molar-refractivity contribution in [3.63, 3.8) is 0 Å². The quantitative estimate of drug-likeness (QED) is 0.363. The summed E-state index contributed by atoms with van der Waals surface area (Å²) in [6.45, 7) is 1.43. The lowest BCUT2D eigenvalue weighted by molar-refractivity contribution is -0.139. The molecule has 2 aliphatic rings. The van der Waals surface area contributed by atoms with E-state index < -0.39 is 17.1 Å². The SMILES string of the molecule is O=C(Oc1cccc(/C=C2\SC(=O)N(CC(=O)N3CCOCC3)C2=O)c1)c1ccccc1Cl. The van der Waals surface area contributed by atoms with Crippen LogP contribution in [0.4, 0.5) is 4.79 Å². The van der Waals surface area contributed by atoms with Gasteiger partial charge in [-0.1, -0.05) is 35.9 Å². The van der Waals surface area contributed by atoms with E-state index in [0.29, 0.717) is 31.9 Å². The molecule has 4 rings (SSSR count). The summed E-state index contributed by atoms with van der Waals surface area (Å²) >= 11 is 6.80. The highest BCUT2D eigenvalue weighted by atomic mass is 35.5. The number of hydrogen-bond donors (Lipinski definition) is 0. The molecule has 10 heteroatoms. The highest BCUT2D eigenvalue weighted by molar-refractivity contribution is 8.18. The van der Waals surface area contributed by atoms with Crippen molar-refractivity contribution in [3.8, 4) is 5.75 Å². The fraction of sp³-hybridized carbons (Fsp3) is 0.217. The Morgan fingerprint density at radius 3 is 2.61 bits per heavy atom. The Hall–Kier alpha value is -3.14. The zero-order valence-corrected chi connectivity index (χ0v) is 18.9. The Morgan fingerprint density at radius 1 is 1.09 bits per heavy atom. The number of esters is 1. The van der Waals surface area contributed by atoms with Crippen LogP contribution in [0.25, 0.3) is 6.08 Å². The Balaban J connectivity index is 1.45. The highest BCUT2D eigenvalue weighted by Gasteiger charge is 2.37. The molecule has 2 saturated heterocycles. The predicted octanol–water partition coefficient (Wildman–Crippen LogP) is 3.45. The molecule has 0 spiro atoms. The number of carbonyl (C=O) groups is 4. The lowest BCUT2D eigenvalue weighted by Crippen LogP contribution is -2.46. The maximum Gasteiger partial charge on any atom is 0.345 e. The van der Waals surface area contributed by atoms with E-state index in [4.69, 9.17) is 21.1 Å². The molecule has 0 aliphatic carbocycles. The van der Waals surface area contributed by atoms with E-state index in [0.717, 1.165) is 16.7 Å². The van der Waals surface area contributed by atoms with Crippen LogP contribution in [0.5, 0.6) is 5.75 Å². The lowest BCUT2D eigenvalue weighted by atomic mass is 10.2. The molecule has 170 valence electrons. The summed E-state index contributed by atoms with van der Waals surface area (Å²) < 4.78 is 10.6. The minimum Gasteiger partial charge on any atom is -0.423 e. The van der Waals surface area contributed by atoms with Gasteiger partial charge in [-0.15, -0.1) is 0 Å². The van der Waals surface area contributed by atoms with Crippen LogP contribution in [-0.4, -0.2) is 65.7 Å². The van der Waals surface area contributed by atoms with Crippen molar-refractivity contribution in [1.29, 1.82) is 0 Å². The van der Waals surface area contributed by atoms with Crippen LogP contribution in [0, 0.1) is 0 Å². The molecular formula is C23H19ClN2O6S. The number of rotatable bonds is 5. The normalized spacial score (nSPS) is 17.5. The van der Waals surface area contributed by atoms with Crippen LogP contribution >= 0.6 is 23.4 Å². The Labute approximate surface area is 199 Å². The number of benzene rings is 2. The zero-order chi connectivity index (χ0) is 23.4. The molecule has 0 unspecified atom stereocenters. The van der Waals surface area contributed by atoms with Crippen LogP contribution in [0.1, 0.15) is 15.9 Å². The van der Waals surface area contributed by atoms with Crippen molar-refractivity contribution in [1.82, 2.24) is 9.80 Å². The van der Waals surface area contributed by atoms with E-state index in [1.807, 2.05) is 0 Å². The second-order valence-electron chi connectivity index (χ2n) is 7.20. The van der Waals surface area contributed by atoms with Gasteiger partial charge in [-0.2, -0.15) is 0 Å². The maximum absolute atomic E-state index is 12.7. The van der Waals surface area contributed by atoms with Crippen LogP contribution in [0.15, 0.2) is 53.4 Å². The molecule has 2 aliphatic heterocycles. The molecule has 8 nitrogen and oxygen atoms in total. The average molecular weight is 487 g/mol. The monoisotopic (exact) mass is 486 g/mol. The lowest BCUT2D eigenvalue weighted by Gasteiger charge is -2.28. The molecule has 2 aromatic carbocycles. The van der Waals surface area contributed by atoms with Gasteiger partial charge in [0.15, 0.2) is 0 Å². The van der Waals surface area contributed by atoms with Crippen molar-refractivity contribution >= 4 is 52.5 Å².